The summed E-state index contributed by atoms with van der Waals surface area (Å²) in [4.78, 5) is 14.4. The van der Waals surface area contributed by atoms with Crippen molar-refractivity contribution >= 4 is 15.9 Å². The number of likely N-dealkylation sites (tertiary alicyclic amines) is 1. The molecule has 0 spiro atoms. The van der Waals surface area contributed by atoms with Crippen LogP contribution >= 0.6 is 0 Å². The highest BCUT2D eigenvalue weighted by molar-refractivity contribution is 7.88. The number of hydrogen-bond donors (Lipinski definition) is 0. The van der Waals surface area contributed by atoms with Crippen molar-refractivity contribution in [3.8, 4) is 0 Å². The van der Waals surface area contributed by atoms with Crippen LogP contribution in [-0.4, -0.2) is 68.2 Å². The minimum absolute atomic E-state index is 0.0603. The van der Waals surface area contributed by atoms with E-state index in [1.165, 1.54) is 10.6 Å². The number of piperidine rings is 1. The molecule has 2 unspecified atom stereocenters. The molecule has 128 valence electrons. The maximum Gasteiger partial charge on any atom is 0.238 e. The number of ether oxygens (including phenoxy) is 1. The quantitative estimate of drug-likeness (QED) is 0.733. The van der Waals surface area contributed by atoms with Gasteiger partial charge in [-0.15, -0.1) is 0 Å². The Balaban J connectivity index is 2.00. The van der Waals surface area contributed by atoms with Gasteiger partial charge >= 0.3 is 0 Å². The summed E-state index contributed by atoms with van der Waals surface area (Å²) in [5.74, 6) is -0.0741. The van der Waals surface area contributed by atoms with Gasteiger partial charge in [-0.05, 0) is 38.5 Å². The lowest BCUT2D eigenvalue weighted by Gasteiger charge is -2.36. The predicted octanol–water partition coefficient (Wildman–Crippen LogP) is 1.22. The van der Waals surface area contributed by atoms with Gasteiger partial charge in [0, 0.05) is 25.7 Å². The van der Waals surface area contributed by atoms with Crippen LogP contribution in [0.5, 0.6) is 0 Å². The summed E-state index contributed by atoms with van der Waals surface area (Å²) in [5.41, 5.74) is 0. The SMILES string of the molecule is CCC1CCCCN1C(=O)CN(CC1CCCO1)S(C)(=O)=O. The first kappa shape index (κ1) is 17.7. The molecule has 0 aromatic carbocycles. The average molecular weight is 332 g/mol. The first-order valence-electron chi connectivity index (χ1n) is 8.28. The first-order chi connectivity index (χ1) is 10.4. The molecule has 2 heterocycles. The second kappa shape index (κ2) is 7.75. The fourth-order valence-electron chi connectivity index (χ4n) is 3.33. The molecule has 0 aromatic rings. The van der Waals surface area contributed by atoms with Gasteiger partial charge in [-0.25, -0.2) is 8.42 Å². The van der Waals surface area contributed by atoms with E-state index in [0.29, 0.717) is 6.61 Å². The standard InChI is InChI=1S/C15H28N2O4S/c1-3-13-7-4-5-9-17(13)15(18)12-16(22(2,19)20)11-14-8-6-10-21-14/h13-14H,3-12H2,1-2H3. The van der Waals surface area contributed by atoms with Gasteiger partial charge in [-0.2, -0.15) is 4.31 Å². The summed E-state index contributed by atoms with van der Waals surface area (Å²) < 4.78 is 30.8. The summed E-state index contributed by atoms with van der Waals surface area (Å²) in [6.45, 7) is 3.73. The fraction of sp³-hybridized carbons (Fsp3) is 0.933. The van der Waals surface area contributed by atoms with Crippen LogP contribution < -0.4 is 0 Å². The normalized spacial score (nSPS) is 26.6. The Morgan fingerprint density at radius 2 is 2.05 bits per heavy atom. The van der Waals surface area contributed by atoms with Crippen molar-refractivity contribution < 1.29 is 17.9 Å². The number of rotatable bonds is 6. The summed E-state index contributed by atoms with van der Waals surface area (Å²) in [5, 5.41) is 0. The summed E-state index contributed by atoms with van der Waals surface area (Å²) in [7, 11) is -3.40. The van der Waals surface area contributed by atoms with Gasteiger partial charge < -0.3 is 9.64 Å². The van der Waals surface area contributed by atoms with Crippen molar-refractivity contribution in [2.45, 2.75) is 57.6 Å². The van der Waals surface area contributed by atoms with Crippen molar-refractivity contribution in [3.05, 3.63) is 0 Å². The summed E-state index contributed by atoms with van der Waals surface area (Å²) >= 11 is 0. The molecule has 0 N–H and O–H groups in total. The minimum atomic E-state index is -3.40. The second-order valence-electron chi connectivity index (χ2n) is 6.34. The van der Waals surface area contributed by atoms with E-state index >= 15 is 0 Å². The molecule has 0 aromatic heterocycles. The van der Waals surface area contributed by atoms with E-state index < -0.39 is 10.0 Å². The van der Waals surface area contributed by atoms with E-state index in [1.54, 1.807) is 0 Å². The van der Waals surface area contributed by atoms with Crippen LogP contribution in [0, 0.1) is 0 Å². The van der Waals surface area contributed by atoms with Crippen molar-refractivity contribution in [2.24, 2.45) is 0 Å². The molecule has 0 aliphatic carbocycles. The fourth-order valence-corrected chi connectivity index (χ4v) is 4.11. The molecule has 2 aliphatic rings. The molecule has 2 saturated heterocycles. The Hall–Kier alpha value is -0.660. The number of hydrogen-bond acceptors (Lipinski definition) is 4. The number of sulfonamides is 1. The lowest BCUT2D eigenvalue weighted by atomic mass is 10.00. The molecular formula is C15H28N2O4S. The monoisotopic (exact) mass is 332 g/mol. The maximum atomic E-state index is 12.6. The Bertz CT molecular complexity index is 474. The second-order valence-corrected chi connectivity index (χ2v) is 8.32. The van der Waals surface area contributed by atoms with Gasteiger partial charge in [-0.3, -0.25) is 4.79 Å². The molecule has 2 rings (SSSR count). The van der Waals surface area contributed by atoms with Gasteiger partial charge in [0.2, 0.25) is 15.9 Å². The van der Waals surface area contributed by atoms with Crippen LogP contribution in [0.2, 0.25) is 0 Å². The average Bonchev–Trinajstić information content (AvgIpc) is 2.98. The highest BCUT2D eigenvalue weighted by Gasteiger charge is 2.31. The Labute approximate surface area is 133 Å². The van der Waals surface area contributed by atoms with Crippen LogP contribution in [0.3, 0.4) is 0 Å². The van der Waals surface area contributed by atoms with Gasteiger partial charge in [0.1, 0.15) is 0 Å². The van der Waals surface area contributed by atoms with Gasteiger partial charge in [0.15, 0.2) is 0 Å². The zero-order valence-electron chi connectivity index (χ0n) is 13.7. The predicted molar refractivity (Wildman–Crippen MR) is 85.0 cm³/mol. The van der Waals surface area contributed by atoms with Crippen molar-refractivity contribution in [1.82, 2.24) is 9.21 Å². The zero-order valence-corrected chi connectivity index (χ0v) is 14.5. The van der Waals surface area contributed by atoms with E-state index in [2.05, 4.69) is 6.92 Å². The highest BCUT2D eigenvalue weighted by Crippen LogP contribution is 2.21. The Morgan fingerprint density at radius 1 is 1.27 bits per heavy atom. The van der Waals surface area contributed by atoms with Crippen molar-refractivity contribution in [2.75, 3.05) is 32.5 Å². The summed E-state index contributed by atoms with van der Waals surface area (Å²) in [6, 6.07) is 0.255. The molecule has 0 radical (unpaired) electrons. The molecule has 0 saturated carbocycles. The van der Waals surface area contributed by atoms with Crippen molar-refractivity contribution in [1.29, 1.82) is 0 Å². The van der Waals surface area contributed by atoms with E-state index in [0.717, 1.165) is 45.1 Å². The van der Waals surface area contributed by atoms with Crippen molar-refractivity contribution in [3.63, 3.8) is 0 Å². The number of carbonyl (C=O) groups excluding carboxylic acids is 1. The van der Waals surface area contributed by atoms with Gasteiger partial charge in [-0.1, -0.05) is 6.92 Å². The molecule has 22 heavy (non-hydrogen) atoms. The molecule has 6 nitrogen and oxygen atoms in total. The van der Waals surface area contributed by atoms with Gasteiger partial charge in [0.25, 0.3) is 0 Å². The largest absolute Gasteiger partial charge is 0.377 e. The number of amides is 1. The topological polar surface area (TPSA) is 66.9 Å². The highest BCUT2D eigenvalue weighted by atomic mass is 32.2. The smallest absolute Gasteiger partial charge is 0.238 e. The van der Waals surface area contributed by atoms with E-state index in [4.69, 9.17) is 4.74 Å². The molecule has 2 atom stereocenters. The van der Waals surface area contributed by atoms with Crippen LogP contribution in [0.4, 0.5) is 0 Å². The van der Waals surface area contributed by atoms with Crippen LogP contribution in [-0.2, 0) is 19.6 Å². The van der Waals surface area contributed by atoms with E-state index in [9.17, 15) is 13.2 Å². The molecular weight excluding hydrogens is 304 g/mol. The maximum absolute atomic E-state index is 12.6. The Morgan fingerprint density at radius 3 is 2.64 bits per heavy atom. The van der Waals surface area contributed by atoms with E-state index in [1.807, 2.05) is 4.90 Å². The molecule has 0 bridgehead atoms. The third kappa shape index (κ3) is 4.67. The molecule has 7 heteroatoms. The lowest BCUT2D eigenvalue weighted by molar-refractivity contribution is -0.135. The van der Waals surface area contributed by atoms with Crippen LogP contribution in [0.25, 0.3) is 0 Å². The molecule has 2 aliphatic heterocycles. The molecule has 1 amide bonds. The number of carbonyl (C=O) groups is 1. The lowest BCUT2D eigenvalue weighted by Crippen LogP contribution is -2.49. The molecule has 2 fully saturated rings. The third-order valence-electron chi connectivity index (χ3n) is 4.63. The van der Waals surface area contributed by atoms with E-state index in [-0.39, 0.29) is 31.1 Å². The first-order valence-corrected chi connectivity index (χ1v) is 10.1. The van der Waals surface area contributed by atoms with Gasteiger partial charge in [0.05, 0.1) is 18.9 Å². The number of nitrogens with zero attached hydrogens (tertiary/aromatic N) is 2. The Kier molecular flexibility index (Phi) is 6.23. The zero-order chi connectivity index (χ0) is 16.2. The third-order valence-corrected chi connectivity index (χ3v) is 5.85. The minimum Gasteiger partial charge on any atom is -0.377 e. The summed E-state index contributed by atoms with van der Waals surface area (Å²) in [6.07, 6.45) is 7.01. The van der Waals surface area contributed by atoms with Crippen LogP contribution in [0.1, 0.15) is 45.4 Å². The van der Waals surface area contributed by atoms with Crippen LogP contribution in [0.15, 0.2) is 0 Å².